The fraction of sp³-hybridized carbons (Fsp3) is 0.500. The summed E-state index contributed by atoms with van der Waals surface area (Å²) in [5, 5.41) is 4.22. The van der Waals surface area contributed by atoms with Crippen LogP contribution in [0.4, 0.5) is 0 Å². The average Bonchev–Trinajstić information content (AvgIpc) is 2.97. The zero-order valence-corrected chi connectivity index (χ0v) is 14.6. The Morgan fingerprint density at radius 3 is 2.96 bits per heavy atom. The Morgan fingerprint density at radius 1 is 1.43 bits per heavy atom. The molecule has 0 aliphatic rings. The van der Waals surface area contributed by atoms with E-state index in [9.17, 15) is 4.79 Å². The Morgan fingerprint density at radius 2 is 2.26 bits per heavy atom. The van der Waals surface area contributed by atoms with E-state index in [2.05, 4.69) is 16.4 Å². The first-order valence-corrected chi connectivity index (χ1v) is 8.70. The summed E-state index contributed by atoms with van der Waals surface area (Å²) in [7, 11) is 1.66. The number of nitrogens with one attached hydrogen (secondary N) is 2. The summed E-state index contributed by atoms with van der Waals surface area (Å²) in [4.78, 5) is 15.4. The molecule has 0 bridgehead atoms. The molecule has 0 aliphatic carbocycles. The second kappa shape index (κ2) is 8.82. The molecule has 2 rings (SSSR count). The summed E-state index contributed by atoms with van der Waals surface area (Å²) in [5.74, 6) is 1.66. The van der Waals surface area contributed by atoms with Crippen molar-refractivity contribution >= 4 is 28.4 Å². The number of methoxy groups -OCH3 is 1. The predicted molar refractivity (Wildman–Crippen MR) is 95.3 cm³/mol. The Balaban J connectivity index is 1.90. The number of ether oxygens (including phenoxy) is 1. The van der Waals surface area contributed by atoms with E-state index in [0.717, 1.165) is 36.9 Å². The molecule has 5 heteroatoms. The van der Waals surface area contributed by atoms with E-state index in [1.54, 1.807) is 7.11 Å². The van der Waals surface area contributed by atoms with Crippen molar-refractivity contribution in [2.45, 2.75) is 32.6 Å². The van der Waals surface area contributed by atoms with Crippen LogP contribution in [0.15, 0.2) is 24.4 Å². The number of hydrogen-bond donors (Lipinski definition) is 2. The van der Waals surface area contributed by atoms with Crippen LogP contribution < -0.4 is 10.1 Å². The van der Waals surface area contributed by atoms with Crippen molar-refractivity contribution in [2.24, 2.45) is 5.92 Å². The maximum atomic E-state index is 12.2. The summed E-state index contributed by atoms with van der Waals surface area (Å²) in [5.41, 5.74) is 2.26. The van der Waals surface area contributed by atoms with Gasteiger partial charge in [0.1, 0.15) is 5.75 Å². The van der Waals surface area contributed by atoms with Crippen LogP contribution in [-0.2, 0) is 11.2 Å². The van der Waals surface area contributed by atoms with Crippen molar-refractivity contribution in [3.05, 3.63) is 30.0 Å². The zero-order chi connectivity index (χ0) is 16.7. The number of alkyl halides is 1. The summed E-state index contributed by atoms with van der Waals surface area (Å²) >= 11 is 5.71. The highest BCUT2D eigenvalue weighted by molar-refractivity contribution is 6.17. The molecule has 0 saturated heterocycles. The molecular weight excluding hydrogens is 312 g/mol. The molecule has 2 aromatic rings. The number of carbonyl (C=O) groups is 1. The van der Waals surface area contributed by atoms with Crippen molar-refractivity contribution in [3.8, 4) is 5.75 Å². The SMILES string of the molecule is CCC(CCCCl)C(=O)NCCc1c[nH]c2cc(OC)ccc12. The number of fused-ring (bicyclic) bond motifs is 1. The highest BCUT2D eigenvalue weighted by atomic mass is 35.5. The van der Waals surface area contributed by atoms with Gasteiger partial charge < -0.3 is 15.0 Å². The quantitative estimate of drug-likeness (QED) is 0.683. The van der Waals surface area contributed by atoms with Gasteiger partial charge >= 0.3 is 0 Å². The van der Waals surface area contributed by atoms with E-state index in [4.69, 9.17) is 16.3 Å². The molecule has 1 aromatic heterocycles. The minimum Gasteiger partial charge on any atom is -0.497 e. The van der Waals surface area contributed by atoms with Crippen molar-refractivity contribution < 1.29 is 9.53 Å². The number of aromatic amines is 1. The van der Waals surface area contributed by atoms with Crippen LogP contribution >= 0.6 is 11.6 Å². The molecule has 1 amide bonds. The molecule has 0 saturated carbocycles. The van der Waals surface area contributed by atoms with Crippen molar-refractivity contribution in [1.82, 2.24) is 10.3 Å². The van der Waals surface area contributed by atoms with E-state index >= 15 is 0 Å². The predicted octanol–water partition coefficient (Wildman–Crippen LogP) is 3.88. The summed E-state index contributed by atoms with van der Waals surface area (Å²) in [6.45, 7) is 2.70. The number of hydrogen-bond acceptors (Lipinski definition) is 2. The third-order valence-electron chi connectivity index (χ3n) is 4.22. The molecule has 4 nitrogen and oxygen atoms in total. The zero-order valence-electron chi connectivity index (χ0n) is 13.8. The van der Waals surface area contributed by atoms with Crippen LogP contribution in [0.3, 0.4) is 0 Å². The lowest BCUT2D eigenvalue weighted by atomic mass is 10.00. The highest BCUT2D eigenvalue weighted by Crippen LogP contribution is 2.23. The molecule has 0 spiro atoms. The van der Waals surface area contributed by atoms with Gasteiger partial charge in [-0.15, -0.1) is 11.6 Å². The second-order valence-corrected chi connectivity index (χ2v) is 6.08. The van der Waals surface area contributed by atoms with Crippen molar-refractivity contribution in [3.63, 3.8) is 0 Å². The fourth-order valence-corrected chi connectivity index (χ4v) is 2.96. The first-order valence-electron chi connectivity index (χ1n) is 8.17. The molecule has 0 radical (unpaired) electrons. The van der Waals surface area contributed by atoms with Crippen LogP contribution in [0.2, 0.25) is 0 Å². The molecule has 0 fully saturated rings. The van der Waals surface area contributed by atoms with Gasteiger partial charge in [-0.2, -0.15) is 0 Å². The molecule has 1 heterocycles. The molecule has 126 valence electrons. The van der Waals surface area contributed by atoms with Crippen molar-refractivity contribution in [1.29, 1.82) is 0 Å². The van der Waals surface area contributed by atoms with Crippen LogP contribution in [0.25, 0.3) is 10.9 Å². The summed E-state index contributed by atoms with van der Waals surface area (Å²) in [6, 6.07) is 5.99. The van der Waals surface area contributed by atoms with Gasteiger partial charge in [0.15, 0.2) is 0 Å². The molecule has 1 atom stereocenters. The molecule has 23 heavy (non-hydrogen) atoms. The average molecular weight is 337 g/mol. The van der Waals surface area contributed by atoms with E-state index in [1.165, 1.54) is 10.9 Å². The monoisotopic (exact) mass is 336 g/mol. The Labute approximate surface area is 142 Å². The van der Waals surface area contributed by atoms with Gasteiger partial charge in [0, 0.05) is 41.5 Å². The van der Waals surface area contributed by atoms with Crippen LogP contribution in [0, 0.1) is 5.92 Å². The molecule has 0 aliphatic heterocycles. The molecule has 2 N–H and O–H groups in total. The number of H-pyrrole nitrogens is 1. The minimum atomic E-state index is 0.0704. The van der Waals surface area contributed by atoms with Gasteiger partial charge in [-0.1, -0.05) is 6.92 Å². The van der Waals surface area contributed by atoms with Gasteiger partial charge in [-0.05, 0) is 43.4 Å². The summed E-state index contributed by atoms with van der Waals surface area (Å²) < 4.78 is 5.23. The van der Waals surface area contributed by atoms with E-state index in [0.29, 0.717) is 12.4 Å². The normalized spacial score (nSPS) is 12.3. The van der Waals surface area contributed by atoms with Gasteiger partial charge in [0.25, 0.3) is 0 Å². The number of carbonyl (C=O) groups excluding carboxylic acids is 1. The lowest BCUT2D eigenvalue weighted by Crippen LogP contribution is -2.32. The van der Waals surface area contributed by atoms with Crippen LogP contribution in [0.5, 0.6) is 5.75 Å². The number of rotatable bonds is 9. The number of aromatic nitrogens is 1. The third kappa shape index (κ3) is 4.64. The Bertz CT molecular complexity index is 639. The van der Waals surface area contributed by atoms with Gasteiger partial charge in [-0.25, -0.2) is 0 Å². The number of benzene rings is 1. The van der Waals surface area contributed by atoms with Gasteiger partial charge in [0.05, 0.1) is 7.11 Å². The lowest BCUT2D eigenvalue weighted by Gasteiger charge is -2.14. The molecule has 1 unspecified atom stereocenters. The van der Waals surface area contributed by atoms with E-state index in [-0.39, 0.29) is 11.8 Å². The second-order valence-electron chi connectivity index (χ2n) is 5.70. The first kappa shape index (κ1) is 17.7. The topological polar surface area (TPSA) is 54.1 Å². The van der Waals surface area contributed by atoms with Gasteiger partial charge in [0.2, 0.25) is 5.91 Å². The molecular formula is C18H25ClN2O2. The number of amides is 1. The van der Waals surface area contributed by atoms with Crippen LogP contribution in [-0.4, -0.2) is 30.4 Å². The fourth-order valence-electron chi connectivity index (χ4n) is 2.81. The Kier molecular flexibility index (Phi) is 6.78. The standard InChI is InChI=1S/C18H25ClN2O2/c1-3-13(5-4-9-19)18(22)20-10-8-14-12-21-17-11-15(23-2)6-7-16(14)17/h6-7,11-13,21H,3-5,8-10H2,1-2H3,(H,20,22). The van der Waals surface area contributed by atoms with E-state index < -0.39 is 0 Å². The maximum Gasteiger partial charge on any atom is 0.223 e. The minimum absolute atomic E-state index is 0.0704. The highest BCUT2D eigenvalue weighted by Gasteiger charge is 2.15. The van der Waals surface area contributed by atoms with Crippen LogP contribution in [0.1, 0.15) is 31.7 Å². The first-order chi connectivity index (χ1) is 11.2. The third-order valence-corrected chi connectivity index (χ3v) is 4.49. The van der Waals surface area contributed by atoms with Gasteiger partial charge in [-0.3, -0.25) is 4.79 Å². The molecule has 1 aromatic carbocycles. The largest absolute Gasteiger partial charge is 0.497 e. The maximum absolute atomic E-state index is 12.2. The summed E-state index contributed by atoms with van der Waals surface area (Å²) in [6.07, 6.45) is 5.41. The van der Waals surface area contributed by atoms with E-state index in [1.807, 2.05) is 25.3 Å². The smallest absolute Gasteiger partial charge is 0.223 e. The van der Waals surface area contributed by atoms with Crippen molar-refractivity contribution in [2.75, 3.05) is 19.5 Å². The lowest BCUT2D eigenvalue weighted by molar-refractivity contribution is -0.125. The number of halogens is 1. The Hall–Kier alpha value is -1.68.